The summed E-state index contributed by atoms with van der Waals surface area (Å²) >= 11 is 0. The molecule has 2 aromatic carbocycles. The number of nitrogens with zero attached hydrogens (tertiary/aromatic N) is 1. The molecule has 22 heavy (non-hydrogen) atoms. The van der Waals surface area contributed by atoms with E-state index in [1.54, 1.807) is 37.4 Å². The molecule has 0 aliphatic carbocycles. The minimum Gasteiger partial charge on any atom is -0.484 e. The number of benzene rings is 2. The maximum Gasteiger partial charge on any atom is 0.326 e. The van der Waals surface area contributed by atoms with E-state index in [1.807, 2.05) is 18.2 Å². The van der Waals surface area contributed by atoms with Crippen LogP contribution >= 0.6 is 0 Å². The van der Waals surface area contributed by atoms with Crippen molar-refractivity contribution in [3.8, 4) is 5.75 Å². The fourth-order valence-corrected chi connectivity index (χ4v) is 2.18. The molecule has 0 aliphatic heterocycles. The molecule has 0 atom stereocenters. The third kappa shape index (κ3) is 2.85. The highest BCUT2D eigenvalue weighted by molar-refractivity contribution is 5.94. The van der Waals surface area contributed by atoms with Crippen LogP contribution in [0.1, 0.15) is 0 Å². The van der Waals surface area contributed by atoms with Crippen LogP contribution in [0.25, 0.3) is 11.0 Å². The zero-order valence-electron chi connectivity index (χ0n) is 12.0. The summed E-state index contributed by atoms with van der Waals surface area (Å²) in [5, 5.41) is 2.74. The zero-order valence-corrected chi connectivity index (χ0v) is 12.0. The second kappa shape index (κ2) is 5.77. The number of carbonyl (C=O) groups is 1. The lowest BCUT2D eigenvalue weighted by Gasteiger charge is -2.07. The largest absolute Gasteiger partial charge is 0.484 e. The normalized spacial score (nSPS) is 10.6. The van der Waals surface area contributed by atoms with Crippen molar-refractivity contribution < 1.29 is 9.53 Å². The van der Waals surface area contributed by atoms with Gasteiger partial charge in [-0.3, -0.25) is 9.36 Å². The smallest absolute Gasteiger partial charge is 0.326 e. The molecule has 0 saturated carbocycles. The van der Waals surface area contributed by atoms with Crippen molar-refractivity contribution in [2.75, 3.05) is 11.9 Å². The summed E-state index contributed by atoms with van der Waals surface area (Å²) in [5.41, 5.74) is 1.87. The second-order valence-corrected chi connectivity index (χ2v) is 4.87. The first kappa shape index (κ1) is 13.9. The summed E-state index contributed by atoms with van der Waals surface area (Å²) in [6, 6.07) is 14.4. The van der Waals surface area contributed by atoms with Gasteiger partial charge >= 0.3 is 5.69 Å². The van der Waals surface area contributed by atoms with Crippen LogP contribution in [0.15, 0.2) is 53.3 Å². The number of nitrogens with one attached hydrogen (secondary N) is 2. The number of H-pyrrole nitrogens is 1. The number of fused-ring (bicyclic) bond motifs is 1. The third-order valence-corrected chi connectivity index (χ3v) is 3.30. The van der Waals surface area contributed by atoms with E-state index in [-0.39, 0.29) is 18.2 Å². The van der Waals surface area contributed by atoms with E-state index in [2.05, 4.69) is 10.3 Å². The molecule has 1 amide bonds. The molecule has 1 heterocycles. The first-order valence-electron chi connectivity index (χ1n) is 6.80. The van der Waals surface area contributed by atoms with Crippen LogP contribution in [-0.2, 0) is 11.8 Å². The highest BCUT2D eigenvalue weighted by Gasteiger charge is 2.07. The van der Waals surface area contributed by atoms with Gasteiger partial charge in [0, 0.05) is 12.7 Å². The predicted octanol–water partition coefficient (Wildman–Crippen LogP) is 1.88. The molecule has 6 nitrogen and oxygen atoms in total. The van der Waals surface area contributed by atoms with Gasteiger partial charge in [0.05, 0.1) is 11.0 Å². The number of anilines is 1. The number of imidazole rings is 1. The first-order chi connectivity index (χ1) is 10.6. The Morgan fingerprint density at radius 2 is 2.00 bits per heavy atom. The summed E-state index contributed by atoms with van der Waals surface area (Å²) in [4.78, 5) is 26.1. The average Bonchev–Trinajstić information content (AvgIpc) is 2.81. The molecular weight excluding hydrogens is 282 g/mol. The van der Waals surface area contributed by atoms with Crippen molar-refractivity contribution >= 4 is 22.6 Å². The molecular formula is C16H15N3O3. The van der Waals surface area contributed by atoms with Crippen molar-refractivity contribution in [1.29, 1.82) is 0 Å². The number of aromatic nitrogens is 2. The van der Waals surface area contributed by atoms with Gasteiger partial charge in [0.2, 0.25) is 0 Å². The van der Waals surface area contributed by atoms with Crippen LogP contribution < -0.4 is 15.7 Å². The van der Waals surface area contributed by atoms with Gasteiger partial charge < -0.3 is 15.0 Å². The van der Waals surface area contributed by atoms with E-state index < -0.39 is 0 Å². The lowest BCUT2D eigenvalue weighted by molar-refractivity contribution is -0.118. The average molecular weight is 297 g/mol. The van der Waals surface area contributed by atoms with Crippen LogP contribution in [-0.4, -0.2) is 22.1 Å². The maximum absolute atomic E-state index is 11.9. The Morgan fingerprint density at radius 3 is 2.77 bits per heavy atom. The second-order valence-electron chi connectivity index (χ2n) is 4.87. The monoisotopic (exact) mass is 297 g/mol. The molecule has 3 aromatic rings. The van der Waals surface area contributed by atoms with E-state index in [0.29, 0.717) is 17.0 Å². The van der Waals surface area contributed by atoms with E-state index in [1.165, 1.54) is 4.57 Å². The van der Waals surface area contributed by atoms with E-state index >= 15 is 0 Å². The Kier molecular flexibility index (Phi) is 3.65. The maximum atomic E-state index is 11.9. The topological polar surface area (TPSA) is 76.1 Å². The number of carbonyl (C=O) groups excluding carboxylic acids is 1. The molecule has 0 radical (unpaired) electrons. The number of aromatic amines is 1. The van der Waals surface area contributed by atoms with Gasteiger partial charge in [0.15, 0.2) is 6.61 Å². The fraction of sp³-hybridized carbons (Fsp3) is 0.125. The van der Waals surface area contributed by atoms with Crippen molar-refractivity contribution in [2.45, 2.75) is 0 Å². The highest BCUT2D eigenvalue weighted by Crippen LogP contribution is 2.16. The summed E-state index contributed by atoms with van der Waals surface area (Å²) < 4.78 is 6.89. The standard InChI is InChI=1S/C16H15N3O3/c1-19-14-8-7-11(9-13(14)18-16(19)21)17-15(20)10-22-12-5-3-2-4-6-12/h2-9H,10H2,1H3,(H,17,20)(H,18,21). The molecule has 0 unspecified atom stereocenters. The lowest BCUT2D eigenvalue weighted by atomic mass is 10.2. The van der Waals surface area contributed by atoms with E-state index in [0.717, 1.165) is 5.52 Å². The molecule has 0 spiro atoms. The molecule has 6 heteroatoms. The quantitative estimate of drug-likeness (QED) is 0.772. The first-order valence-corrected chi connectivity index (χ1v) is 6.80. The minimum atomic E-state index is -0.263. The van der Waals surface area contributed by atoms with Gasteiger partial charge in [0.25, 0.3) is 5.91 Å². The Balaban J connectivity index is 1.67. The van der Waals surface area contributed by atoms with Gasteiger partial charge in [-0.1, -0.05) is 18.2 Å². The van der Waals surface area contributed by atoms with Crippen molar-refractivity contribution in [3.63, 3.8) is 0 Å². The molecule has 2 N–H and O–H groups in total. The Morgan fingerprint density at radius 1 is 1.23 bits per heavy atom. The SMILES string of the molecule is Cn1c(=O)[nH]c2cc(NC(=O)COc3ccccc3)ccc21. The highest BCUT2D eigenvalue weighted by atomic mass is 16.5. The number of para-hydroxylation sites is 1. The molecule has 0 saturated heterocycles. The molecule has 0 fully saturated rings. The van der Waals surface area contributed by atoms with Crippen LogP contribution in [0.3, 0.4) is 0 Å². The van der Waals surface area contributed by atoms with Gasteiger partial charge in [-0.05, 0) is 30.3 Å². The molecule has 0 bridgehead atoms. The molecule has 112 valence electrons. The lowest BCUT2D eigenvalue weighted by Crippen LogP contribution is -2.20. The predicted molar refractivity (Wildman–Crippen MR) is 84.1 cm³/mol. The summed E-state index contributed by atoms with van der Waals surface area (Å²) in [5.74, 6) is 0.377. The van der Waals surface area contributed by atoms with Crippen LogP contribution in [0, 0.1) is 0 Å². The minimum absolute atomic E-state index is 0.0760. The number of amides is 1. The third-order valence-electron chi connectivity index (χ3n) is 3.30. The van der Waals surface area contributed by atoms with E-state index in [4.69, 9.17) is 4.74 Å². The Hall–Kier alpha value is -3.02. The van der Waals surface area contributed by atoms with Crippen LogP contribution in [0.5, 0.6) is 5.75 Å². The van der Waals surface area contributed by atoms with Crippen molar-refractivity contribution in [1.82, 2.24) is 9.55 Å². The van der Waals surface area contributed by atoms with Crippen LogP contribution in [0.2, 0.25) is 0 Å². The fourth-order valence-electron chi connectivity index (χ4n) is 2.18. The van der Waals surface area contributed by atoms with E-state index in [9.17, 15) is 9.59 Å². The van der Waals surface area contributed by atoms with Gasteiger partial charge in [-0.2, -0.15) is 0 Å². The summed E-state index contributed by atoms with van der Waals surface area (Å²) in [6.45, 7) is -0.0760. The van der Waals surface area contributed by atoms with Gasteiger partial charge in [-0.15, -0.1) is 0 Å². The number of hydrogen-bond acceptors (Lipinski definition) is 3. The number of rotatable bonds is 4. The summed E-state index contributed by atoms with van der Waals surface area (Å²) in [6.07, 6.45) is 0. The zero-order chi connectivity index (χ0) is 15.5. The number of ether oxygens (including phenoxy) is 1. The van der Waals surface area contributed by atoms with Crippen LogP contribution in [0.4, 0.5) is 5.69 Å². The Labute approximate surface area is 126 Å². The molecule has 3 rings (SSSR count). The molecule has 0 aliphatic rings. The van der Waals surface area contributed by atoms with Crippen molar-refractivity contribution in [3.05, 3.63) is 59.0 Å². The number of aryl methyl sites for hydroxylation is 1. The van der Waals surface area contributed by atoms with Crippen molar-refractivity contribution in [2.24, 2.45) is 7.05 Å². The molecule has 1 aromatic heterocycles. The van der Waals surface area contributed by atoms with Gasteiger partial charge in [0.1, 0.15) is 5.75 Å². The number of hydrogen-bond donors (Lipinski definition) is 2. The summed E-state index contributed by atoms with van der Waals surface area (Å²) in [7, 11) is 1.69. The van der Waals surface area contributed by atoms with Gasteiger partial charge in [-0.25, -0.2) is 4.79 Å². The Bertz CT molecular complexity index is 865.